The molecule has 1 aliphatic heterocycles. The maximum absolute atomic E-state index is 11.8. The normalized spacial score (nSPS) is 17.3. The molecule has 1 fully saturated rings. The standard InChI is InChI=1S/C14H23N3O/c1-4-13(11-12(2)3)16-14(18)5-8-17-9-6-15-7-10-17/h4,11,15H,1-2,5-10H2,3H3,(H,16,18)/b13-11+. The minimum Gasteiger partial charge on any atom is -0.326 e. The van der Waals surface area contributed by atoms with Gasteiger partial charge in [0.05, 0.1) is 0 Å². The molecule has 100 valence electrons. The Balaban J connectivity index is 2.31. The molecule has 4 heteroatoms. The SMILES string of the molecule is C=C/C(=C\C(=C)C)NC(=O)CCN1CCNCC1. The van der Waals surface area contributed by atoms with Crippen LogP contribution in [0.2, 0.25) is 0 Å². The molecule has 1 aliphatic rings. The Hall–Kier alpha value is -1.39. The maximum Gasteiger partial charge on any atom is 0.225 e. The fraction of sp³-hybridized carbons (Fsp3) is 0.500. The lowest BCUT2D eigenvalue weighted by molar-refractivity contribution is -0.120. The van der Waals surface area contributed by atoms with Crippen molar-refractivity contribution in [1.29, 1.82) is 0 Å². The molecule has 0 aliphatic carbocycles. The van der Waals surface area contributed by atoms with Gasteiger partial charge in [0.15, 0.2) is 0 Å². The summed E-state index contributed by atoms with van der Waals surface area (Å²) in [6.45, 7) is 14.2. The van der Waals surface area contributed by atoms with E-state index in [1.807, 2.05) is 13.0 Å². The highest BCUT2D eigenvalue weighted by Gasteiger charge is 2.11. The molecule has 0 aromatic rings. The van der Waals surface area contributed by atoms with Crippen molar-refractivity contribution in [3.05, 3.63) is 36.6 Å². The minimum atomic E-state index is 0.0286. The molecule has 4 nitrogen and oxygen atoms in total. The number of nitrogens with zero attached hydrogens (tertiary/aromatic N) is 1. The van der Waals surface area contributed by atoms with Gasteiger partial charge in [0.1, 0.15) is 0 Å². The fourth-order valence-corrected chi connectivity index (χ4v) is 1.83. The van der Waals surface area contributed by atoms with Gasteiger partial charge in [-0.1, -0.05) is 18.7 Å². The summed E-state index contributed by atoms with van der Waals surface area (Å²) in [5.41, 5.74) is 1.61. The number of carbonyl (C=O) groups excluding carboxylic acids is 1. The Bertz CT molecular complexity index is 341. The van der Waals surface area contributed by atoms with E-state index in [9.17, 15) is 4.79 Å². The first-order valence-electron chi connectivity index (χ1n) is 6.34. The van der Waals surface area contributed by atoms with Crippen LogP contribution in [0.1, 0.15) is 13.3 Å². The van der Waals surface area contributed by atoms with Crippen LogP contribution >= 0.6 is 0 Å². The van der Waals surface area contributed by atoms with Crippen LogP contribution in [0.3, 0.4) is 0 Å². The minimum absolute atomic E-state index is 0.0286. The average molecular weight is 249 g/mol. The zero-order valence-corrected chi connectivity index (χ0v) is 11.2. The summed E-state index contributed by atoms with van der Waals surface area (Å²) in [5.74, 6) is 0.0286. The van der Waals surface area contributed by atoms with Gasteiger partial charge in [0, 0.05) is 44.8 Å². The van der Waals surface area contributed by atoms with Crippen molar-refractivity contribution < 1.29 is 4.79 Å². The Morgan fingerprint density at radius 3 is 2.67 bits per heavy atom. The third-order valence-corrected chi connectivity index (χ3v) is 2.77. The van der Waals surface area contributed by atoms with E-state index >= 15 is 0 Å². The first-order valence-corrected chi connectivity index (χ1v) is 6.34. The number of allylic oxidation sites excluding steroid dienone is 3. The number of amides is 1. The number of rotatable bonds is 6. The first-order chi connectivity index (χ1) is 8.61. The van der Waals surface area contributed by atoms with Crippen LogP contribution in [0, 0.1) is 0 Å². The van der Waals surface area contributed by atoms with E-state index < -0.39 is 0 Å². The summed E-state index contributed by atoms with van der Waals surface area (Å²) in [7, 11) is 0. The molecule has 1 amide bonds. The Labute approximate surface area is 109 Å². The lowest BCUT2D eigenvalue weighted by Crippen LogP contribution is -2.44. The Kier molecular flexibility index (Phi) is 6.39. The number of hydrogen-bond donors (Lipinski definition) is 2. The maximum atomic E-state index is 11.8. The van der Waals surface area contributed by atoms with E-state index in [4.69, 9.17) is 0 Å². The summed E-state index contributed by atoms with van der Waals surface area (Å²) in [6, 6.07) is 0. The summed E-state index contributed by atoms with van der Waals surface area (Å²) in [4.78, 5) is 14.1. The zero-order chi connectivity index (χ0) is 13.4. The lowest BCUT2D eigenvalue weighted by Gasteiger charge is -2.26. The second-order valence-electron chi connectivity index (χ2n) is 4.54. The van der Waals surface area contributed by atoms with Crippen molar-refractivity contribution in [3.8, 4) is 0 Å². The monoisotopic (exact) mass is 249 g/mol. The van der Waals surface area contributed by atoms with Crippen molar-refractivity contribution in [2.45, 2.75) is 13.3 Å². The predicted octanol–water partition coefficient (Wildman–Crippen LogP) is 1.04. The van der Waals surface area contributed by atoms with Gasteiger partial charge in [0.2, 0.25) is 5.91 Å². The summed E-state index contributed by atoms with van der Waals surface area (Å²) in [5, 5.41) is 6.13. The van der Waals surface area contributed by atoms with E-state index in [0.717, 1.165) is 38.3 Å². The number of hydrogen-bond acceptors (Lipinski definition) is 3. The van der Waals surface area contributed by atoms with Crippen molar-refractivity contribution in [2.75, 3.05) is 32.7 Å². The Morgan fingerprint density at radius 2 is 2.11 bits per heavy atom. The van der Waals surface area contributed by atoms with Crippen LogP contribution < -0.4 is 10.6 Å². The van der Waals surface area contributed by atoms with E-state index in [-0.39, 0.29) is 5.91 Å². The molecule has 0 aromatic carbocycles. The zero-order valence-electron chi connectivity index (χ0n) is 11.2. The van der Waals surface area contributed by atoms with Crippen molar-refractivity contribution in [2.24, 2.45) is 0 Å². The van der Waals surface area contributed by atoms with Gasteiger partial charge >= 0.3 is 0 Å². The molecular weight excluding hydrogens is 226 g/mol. The van der Waals surface area contributed by atoms with Crippen molar-refractivity contribution in [3.63, 3.8) is 0 Å². The predicted molar refractivity (Wildman–Crippen MR) is 75.2 cm³/mol. The highest BCUT2D eigenvalue weighted by molar-refractivity contribution is 5.78. The largest absolute Gasteiger partial charge is 0.326 e. The Morgan fingerprint density at radius 1 is 1.44 bits per heavy atom. The van der Waals surface area contributed by atoms with Gasteiger partial charge in [0.25, 0.3) is 0 Å². The van der Waals surface area contributed by atoms with Crippen LogP contribution in [-0.2, 0) is 4.79 Å². The summed E-state index contributed by atoms with van der Waals surface area (Å²) >= 11 is 0. The van der Waals surface area contributed by atoms with Gasteiger partial charge in [-0.2, -0.15) is 0 Å². The van der Waals surface area contributed by atoms with Crippen LogP contribution in [0.5, 0.6) is 0 Å². The van der Waals surface area contributed by atoms with Gasteiger partial charge in [-0.25, -0.2) is 0 Å². The lowest BCUT2D eigenvalue weighted by atomic mass is 10.2. The highest BCUT2D eigenvalue weighted by atomic mass is 16.1. The smallest absolute Gasteiger partial charge is 0.225 e. The van der Waals surface area contributed by atoms with E-state index in [0.29, 0.717) is 12.1 Å². The summed E-state index contributed by atoms with van der Waals surface area (Å²) < 4.78 is 0. The number of carbonyl (C=O) groups is 1. The molecule has 0 bridgehead atoms. The fourth-order valence-electron chi connectivity index (χ4n) is 1.83. The van der Waals surface area contributed by atoms with Crippen LogP contribution in [0.25, 0.3) is 0 Å². The van der Waals surface area contributed by atoms with Crippen molar-refractivity contribution in [1.82, 2.24) is 15.5 Å². The second kappa shape index (κ2) is 7.84. The third kappa shape index (κ3) is 5.80. The molecular formula is C14H23N3O. The first kappa shape index (κ1) is 14.7. The van der Waals surface area contributed by atoms with Crippen LogP contribution in [0.4, 0.5) is 0 Å². The van der Waals surface area contributed by atoms with E-state index in [1.54, 1.807) is 6.08 Å². The summed E-state index contributed by atoms with van der Waals surface area (Å²) in [6.07, 6.45) is 3.97. The van der Waals surface area contributed by atoms with Gasteiger partial charge in [-0.15, -0.1) is 0 Å². The second-order valence-corrected chi connectivity index (χ2v) is 4.54. The quantitative estimate of drug-likeness (QED) is 0.691. The third-order valence-electron chi connectivity index (χ3n) is 2.77. The van der Waals surface area contributed by atoms with E-state index in [1.165, 1.54) is 0 Å². The van der Waals surface area contributed by atoms with Crippen LogP contribution in [0.15, 0.2) is 36.6 Å². The molecule has 0 aromatic heterocycles. The van der Waals surface area contributed by atoms with Crippen molar-refractivity contribution >= 4 is 5.91 Å². The molecule has 1 heterocycles. The van der Waals surface area contributed by atoms with E-state index in [2.05, 4.69) is 28.7 Å². The van der Waals surface area contributed by atoms with Crippen LogP contribution in [-0.4, -0.2) is 43.5 Å². The van der Waals surface area contributed by atoms with Gasteiger partial charge in [-0.05, 0) is 19.1 Å². The molecule has 18 heavy (non-hydrogen) atoms. The number of piperazine rings is 1. The molecule has 0 saturated carbocycles. The molecule has 0 spiro atoms. The van der Waals surface area contributed by atoms with Gasteiger partial charge in [-0.3, -0.25) is 4.79 Å². The van der Waals surface area contributed by atoms with Gasteiger partial charge < -0.3 is 15.5 Å². The molecule has 0 unspecified atom stereocenters. The highest BCUT2D eigenvalue weighted by Crippen LogP contribution is 2.00. The average Bonchev–Trinajstić information content (AvgIpc) is 2.36. The topological polar surface area (TPSA) is 44.4 Å². The number of nitrogens with one attached hydrogen (secondary N) is 2. The molecule has 0 atom stereocenters. The molecule has 2 N–H and O–H groups in total. The molecule has 1 saturated heterocycles. The molecule has 0 radical (unpaired) electrons. The molecule has 1 rings (SSSR count).